The van der Waals surface area contributed by atoms with Crippen LogP contribution >= 0.6 is 0 Å². The number of alkyl halides is 3. The highest BCUT2D eigenvalue weighted by Gasteiger charge is 2.30. The van der Waals surface area contributed by atoms with Gasteiger partial charge in [0.1, 0.15) is 17.8 Å². The lowest BCUT2D eigenvalue weighted by Crippen LogP contribution is -2.04. The van der Waals surface area contributed by atoms with Gasteiger partial charge in [0.2, 0.25) is 0 Å². The van der Waals surface area contributed by atoms with Crippen molar-refractivity contribution in [2.45, 2.75) is 6.18 Å². The van der Waals surface area contributed by atoms with E-state index in [0.717, 1.165) is 17.8 Å². The lowest BCUT2D eigenvalue weighted by Gasteiger charge is -2.07. The molecule has 0 aliphatic rings. The molecule has 2 aromatic carbocycles. The number of imidazole rings is 1. The Morgan fingerprint density at radius 3 is 2.53 bits per heavy atom. The van der Waals surface area contributed by atoms with Gasteiger partial charge in [-0.15, -0.1) is 10.2 Å². The van der Waals surface area contributed by atoms with Crippen molar-refractivity contribution in [3.05, 3.63) is 78.8 Å². The molecule has 5 aromatic rings. The average Bonchev–Trinajstić information content (AvgIpc) is 3.23. The maximum atomic E-state index is 13.0. The predicted octanol–water partition coefficient (Wildman–Crippen LogP) is 5.24. The molecule has 0 saturated carbocycles. The van der Waals surface area contributed by atoms with Crippen molar-refractivity contribution in [1.82, 2.24) is 30.1 Å². The number of rotatable bonds is 4. The molecule has 3 heterocycles. The molecule has 0 unspecified atom stereocenters. The lowest BCUT2D eigenvalue weighted by atomic mass is 10.2. The maximum absolute atomic E-state index is 13.0. The summed E-state index contributed by atoms with van der Waals surface area (Å²) in [5.74, 6) is 0.993. The molecule has 2 N–H and O–H groups in total. The molecule has 32 heavy (non-hydrogen) atoms. The number of anilines is 2. The van der Waals surface area contributed by atoms with Gasteiger partial charge in [0.25, 0.3) is 0 Å². The second kappa shape index (κ2) is 7.73. The Bertz CT molecular complexity index is 1380. The van der Waals surface area contributed by atoms with Gasteiger partial charge in [0.05, 0.1) is 22.3 Å². The van der Waals surface area contributed by atoms with E-state index in [1.807, 2.05) is 24.3 Å². The van der Waals surface area contributed by atoms with E-state index in [1.54, 1.807) is 24.4 Å². The SMILES string of the molecule is FC(F)(F)c1ccc2nc(-c3cccc(Nc4ccc(-c5ccncn5)nn4)c3)[nH]c2c1. The fourth-order valence-electron chi connectivity index (χ4n) is 3.19. The highest BCUT2D eigenvalue weighted by atomic mass is 19.4. The molecule has 0 saturated heterocycles. The molecule has 0 fully saturated rings. The predicted molar refractivity (Wildman–Crippen MR) is 113 cm³/mol. The minimum absolute atomic E-state index is 0.319. The van der Waals surface area contributed by atoms with Crippen molar-refractivity contribution in [3.8, 4) is 22.8 Å². The van der Waals surface area contributed by atoms with Crippen molar-refractivity contribution in [1.29, 1.82) is 0 Å². The normalized spacial score (nSPS) is 11.6. The largest absolute Gasteiger partial charge is 0.416 e. The van der Waals surface area contributed by atoms with Gasteiger partial charge in [-0.1, -0.05) is 12.1 Å². The molecule has 158 valence electrons. The molecule has 5 rings (SSSR count). The van der Waals surface area contributed by atoms with E-state index in [1.165, 1.54) is 12.4 Å². The van der Waals surface area contributed by atoms with Crippen molar-refractivity contribution < 1.29 is 13.2 Å². The van der Waals surface area contributed by atoms with Gasteiger partial charge in [-0.25, -0.2) is 15.0 Å². The van der Waals surface area contributed by atoms with Crippen molar-refractivity contribution in [3.63, 3.8) is 0 Å². The summed E-state index contributed by atoms with van der Waals surface area (Å²) in [7, 11) is 0. The van der Waals surface area contributed by atoms with E-state index in [9.17, 15) is 13.2 Å². The van der Waals surface area contributed by atoms with E-state index in [4.69, 9.17) is 0 Å². The summed E-state index contributed by atoms with van der Waals surface area (Å²) in [6.07, 6.45) is -1.34. The Labute approximate surface area is 179 Å². The van der Waals surface area contributed by atoms with Crippen LogP contribution in [-0.2, 0) is 6.18 Å². The summed E-state index contributed by atoms with van der Waals surface area (Å²) < 4.78 is 38.9. The number of aromatic nitrogens is 6. The molecule has 0 amide bonds. The fourth-order valence-corrected chi connectivity index (χ4v) is 3.19. The van der Waals surface area contributed by atoms with Crippen LogP contribution in [0.25, 0.3) is 33.8 Å². The first kappa shape index (κ1) is 19.6. The molecule has 10 heteroatoms. The summed E-state index contributed by atoms with van der Waals surface area (Å²) in [5, 5.41) is 11.5. The maximum Gasteiger partial charge on any atom is 0.416 e. The van der Waals surface area contributed by atoms with Crippen LogP contribution in [0.1, 0.15) is 5.56 Å². The molecule has 0 radical (unpaired) electrons. The number of nitrogens with one attached hydrogen (secondary N) is 2. The average molecular weight is 433 g/mol. The minimum Gasteiger partial charge on any atom is -0.339 e. The molecular weight excluding hydrogens is 419 g/mol. The summed E-state index contributed by atoms with van der Waals surface area (Å²) >= 11 is 0. The van der Waals surface area contributed by atoms with Gasteiger partial charge < -0.3 is 10.3 Å². The van der Waals surface area contributed by atoms with Gasteiger partial charge in [-0.2, -0.15) is 13.2 Å². The van der Waals surface area contributed by atoms with Crippen LogP contribution in [0.15, 0.2) is 73.2 Å². The van der Waals surface area contributed by atoms with Crippen molar-refractivity contribution in [2.75, 3.05) is 5.32 Å². The lowest BCUT2D eigenvalue weighted by molar-refractivity contribution is -0.137. The number of nitrogens with zero attached hydrogens (tertiary/aromatic N) is 5. The van der Waals surface area contributed by atoms with E-state index >= 15 is 0 Å². The minimum atomic E-state index is -4.41. The number of halogens is 3. The zero-order chi connectivity index (χ0) is 22.1. The summed E-state index contributed by atoms with van der Waals surface area (Å²) in [5.41, 5.74) is 2.77. The molecular formula is C22H14F3N7. The molecule has 0 aliphatic heterocycles. The van der Waals surface area contributed by atoms with Crippen LogP contribution in [0.4, 0.5) is 24.7 Å². The van der Waals surface area contributed by atoms with E-state index in [2.05, 4.69) is 35.5 Å². The highest BCUT2D eigenvalue weighted by molar-refractivity contribution is 5.81. The third-order valence-electron chi connectivity index (χ3n) is 4.73. The number of aromatic amines is 1. The number of fused-ring (bicyclic) bond motifs is 1. The Balaban J connectivity index is 1.39. The first-order valence-corrected chi connectivity index (χ1v) is 9.50. The number of benzene rings is 2. The summed E-state index contributed by atoms with van der Waals surface area (Å²) in [6.45, 7) is 0. The standard InChI is InChI=1S/C22H14F3N7/c23-22(24,25)14-4-5-17-19(11-14)30-21(29-17)13-2-1-3-15(10-13)28-20-7-6-18(31-32-20)16-8-9-26-12-27-16/h1-12H,(H,28,32)(H,29,30). The summed E-state index contributed by atoms with van der Waals surface area (Å²) in [6, 6.07) is 16.0. The molecule has 7 nitrogen and oxygen atoms in total. The van der Waals surface area contributed by atoms with Crippen LogP contribution < -0.4 is 5.32 Å². The number of H-pyrrole nitrogens is 1. The van der Waals surface area contributed by atoms with Crippen LogP contribution in [0.2, 0.25) is 0 Å². The third-order valence-corrected chi connectivity index (χ3v) is 4.73. The molecule has 0 spiro atoms. The Morgan fingerprint density at radius 1 is 0.875 bits per heavy atom. The zero-order valence-corrected chi connectivity index (χ0v) is 16.3. The molecule has 0 aliphatic carbocycles. The fraction of sp³-hybridized carbons (Fsp3) is 0.0455. The first-order chi connectivity index (χ1) is 15.5. The van der Waals surface area contributed by atoms with E-state index in [-0.39, 0.29) is 0 Å². The van der Waals surface area contributed by atoms with E-state index < -0.39 is 11.7 Å². The zero-order valence-electron chi connectivity index (χ0n) is 16.3. The molecule has 3 aromatic heterocycles. The number of hydrogen-bond donors (Lipinski definition) is 2. The van der Waals surface area contributed by atoms with Crippen molar-refractivity contribution in [2.24, 2.45) is 0 Å². The second-order valence-corrected chi connectivity index (χ2v) is 6.92. The van der Waals surface area contributed by atoms with E-state index in [0.29, 0.717) is 39.6 Å². The Kier molecular flexibility index (Phi) is 4.74. The van der Waals surface area contributed by atoms with Gasteiger partial charge in [0.15, 0.2) is 5.82 Å². The molecule has 0 atom stereocenters. The number of hydrogen-bond acceptors (Lipinski definition) is 6. The summed E-state index contributed by atoms with van der Waals surface area (Å²) in [4.78, 5) is 15.4. The Morgan fingerprint density at radius 2 is 1.78 bits per heavy atom. The van der Waals surface area contributed by atoms with Crippen LogP contribution in [0, 0.1) is 0 Å². The van der Waals surface area contributed by atoms with Crippen LogP contribution in [0.3, 0.4) is 0 Å². The van der Waals surface area contributed by atoms with Gasteiger partial charge >= 0.3 is 6.18 Å². The second-order valence-electron chi connectivity index (χ2n) is 6.92. The Hall–Kier alpha value is -4.34. The quantitative estimate of drug-likeness (QED) is 0.403. The van der Waals surface area contributed by atoms with Crippen molar-refractivity contribution >= 4 is 22.5 Å². The first-order valence-electron chi connectivity index (χ1n) is 9.50. The molecule has 0 bridgehead atoms. The third kappa shape index (κ3) is 3.97. The van der Waals surface area contributed by atoms with Gasteiger partial charge in [-0.05, 0) is 48.5 Å². The smallest absolute Gasteiger partial charge is 0.339 e. The topological polar surface area (TPSA) is 92.3 Å². The van der Waals surface area contributed by atoms with Crippen LogP contribution in [0.5, 0.6) is 0 Å². The van der Waals surface area contributed by atoms with Gasteiger partial charge in [0, 0.05) is 17.4 Å². The highest BCUT2D eigenvalue weighted by Crippen LogP contribution is 2.32. The van der Waals surface area contributed by atoms with Crippen LogP contribution in [-0.4, -0.2) is 30.1 Å². The monoisotopic (exact) mass is 433 g/mol. The van der Waals surface area contributed by atoms with Gasteiger partial charge in [-0.3, -0.25) is 0 Å².